The number of sulfonamides is 1. The Balaban J connectivity index is 1.73. The van der Waals surface area contributed by atoms with Gasteiger partial charge >= 0.3 is 5.97 Å². The fourth-order valence-corrected chi connectivity index (χ4v) is 3.63. The van der Waals surface area contributed by atoms with Gasteiger partial charge in [-0.1, -0.05) is 36.4 Å². The van der Waals surface area contributed by atoms with E-state index in [1.54, 1.807) is 43.4 Å². The minimum absolute atomic E-state index is 0.00570. The molecule has 3 aromatic carbocycles. The molecule has 9 nitrogen and oxygen atoms in total. The minimum atomic E-state index is -3.95. The molecule has 0 fully saturated rings. The van der Waals surface area contributed by atoms with Crippen LogP contribution in [0.4, 0.5) is 11.4 Å². The lowest BCUT2D eigenvalue weighted by molar-refractivity contribution is -0.123. The number of nitrogens with one attached hydrogen (secondary N) is 1. The molecular formula is C24H23N3O6S. The normalized spacial score (nSPS) is 11.9. The van der Waals surface area contributed by atoms with Gasteiger partial charge < -0.3 is 15.0 Å². The fraction of sp³-hybridized carbons (Fsp3) is 0.125. The second-order valence-corrected chi connectivity index (χ2v) is 8.92. The highest BCUT2D eigenvalue weighted by Gasteiger charge is 2.25. The maximum Gasteiger partial charge on any atom is 0.339 e. The maximum atomic E-state index is 13.0. The summed E-state index contributed by atoms with van der Waals surface area (Å²) in [6.45, 7) is 1.36. The lowest BCUT2D eigenvalue weighted by atomic mass is 10.1. The van der Waals surface area contributed by atoms with Crippen molar-refractivity contribution >= 4 is 39.2 Å². The average Bonchev–Trinajstić information content (AvgIpc) is 2.83. The molecule has 0 aliphatic rings. The molecule has 3 N–H and O–H groups in total. The number of nitrogens with zero attached hydrogens (tertiary/aromatic N) is 1. The van der Waals surface area contributed by atoms with Crippen molar-refractivity contribution in [2.45, 2.75) is 17.9 Å². The van der Waals surface area contributed by atoms with E-state index in [0.29, 0.717) is 5.69 Å². The molecule has 176 valence electrons. The number of primary sulfonamides is 1. The summed E-state index contributed by atoms with van der Waals surface area (Å²) in [7, 11) is -2.36. The molecule has 10 heteroatoms. The fourth-order valence-electron chi connectivity index (χ4n) is 3.07. The summed E-state index contributed by atoms with van der Waals surface area (Å²) in [6, 6.07) is 20.4. The topological polar surface area (TPSA) is 136 Å². The highest BCUT2D eigenvalue weighted by atomic mass is 32.2. The van der Waals surface area contributed by atoms with Crippen molar-refractivity contribution in [1.82, 2.24) is 0 Å². The number of hydrogen-bond acceptors (Lipinski definition) is 6. The number of benzene rings is 3. The van der Waals surface area contributed by atoms with E-state index in [-0.39, 0.29) is 21.7 Å². The molecule has 0 heterocycles. The molecule has 0 saturated carbocycles. The molecular weight excluding hydrogens is 458 g/mol. The lowest BCUT2D eigenvalue weighted by Gasteiger charge is -2.19. The van der Waals surface area contributed by atoms with Gasteiger partial charge in [-0.25, -0.2) is 18.4 Å². The summed E-state index contributed by atoms with van der Waals surface area (Å²) in [5.74, 6) is -1.97. The van der Waals surface area contributed by atoms with Crippen LogP contribution in [-0.2, 0) is 19.6 Å². The molecule has 0 aliphatic carbocycles. The van der Waals surface area contributed by atoms with Crippen molar-refractivity contribution in [2.75, 3.05) is 17.3 Å². The van der Waals surface area contributed by atoms with E-state index in [4.69, 9.17) is 9.88 Å². The van der Waals surface area contributed by atoms with Crippen LogP contribution in [0, 0.1) is 0 Å². The summed E-state index contributed by atoms with van der Waals surface area (Å²) in [5.41, 5.74) is 0.933. The first-order valence-corrected chi connectivity index (χ1v) is 11.7. The van der Waals surface area contributed by atoms with Crippen molar-refractivity contribution in [1.29, 1.82) is 0 Å². The van der Waals surface area contributed by atoms with E-state index in [2.05, 4.69) is 5.32 Å². The van der Waals surface area contributed by atoms with Gasteiger partial charge in [0.05, 0.1) is 16.0 Å². The van der Waals surface area contributed by atoms with E-state index < -0.39 is 33.9 Å². The number of carbonyl (C=O) groups is 3. The minimum Gasteiger partial charge on any atom is -0.449 e. The monoisotopic (exact) mass is 481 g/mol. The van der Waals surface area contributed by atoms with Crippen LogP contribution in [0.5, 0.6) is 0 Å². The van der Waals surface area contributed by atoms with Gasteiger partial charge in [0.25, 0.3) is 11.8 Å². The Bertz CT molecular complexity index is 1330. The standard InChI is InChI=1S/C24H23N3O6S/c1-16(22(28)26-17-9-8-12-19(15-17)34(25,31)32)33-24(30)21-14-7-6-13-20(21)23(29)27(2)18-10-4-3-5-11-18/h3-16H,1-2H3,(H,26,28)(H2,25,31,32). The number of rotatable bonds is 7. The van der Waals surface area contributed by atoms with Crippen LogP contribution in [0.3, 0.4) is 0 Å². The summed E-state index contributed by atoms with van der Waals surface area (Å²) in [5, 5.41) is 7.58. The molecule has 3 aromatic rings. The van der Waals surface area contributed by atoms with Gasteiger partial charge in [0, 0.05) is 18.4 Å². The van der Waals surface area contributed by atoms with Gasteiger partial charge in [0.1, 0.15) is 0 Å². The summed E-state index contributed by atoms with van der Waals surface area (Å²) >= 11 is 0. The maximum absolute atomic E-state index is 13.0. The third-order valence-corrected chi connectivity index (χ3v) is 5.82. The Kier molecular flexibility index (Phi) is 7.44. The average molecular weight is 482 g/mol. The first kappa shape index (κ1) is 24.6. The van der Waals surface area contributed by atoms with Crippen LogP contribution in [0.25, 0.3) is 0 Å². The molecule has 0 bridgehead atoms. The molecule has 0 saturated heterocycles. The SMILES string of the molecule is CC(OC(=O)c1ccccc1C(=O)N(C)c1ccccc1)C(=O)Nc1cccc(S(N)(=O)=O)c1. The number of nitrogens with two attached hydrogens (primary N) is 1. The molecule has 1 unspecified atom stereocenters. The Labute approximate surface area is 197 Å². The van der Waals surface area contributed by atoms with Gasteiger partial charge in [-0.3, -0.25) is 9.59 Å². The van der Waals surface area contributed by atoms with Crippen LogP contribution in [-0.4, -0.2) is 39.4 Å². The highest BCUT2D eigenvalue weighted by molar-refractivity contribution is 7.89. The molecule has 0 radical (unpaired) electrons. The number of anilines is 2. The predicted molar refractivity (Wildman–Crippen MR) is 127 cm³/mol. The zero-order valence-corrected chi connectivity index (χ0v) is 19.3. The van der Waals surface area contributed by atoms with E-state index in [9.17, 15) is 22.8 Å². The smallest absolute Gasteiger partial charge is 0.339 e. The van der Waals surface area contributed by atoms with Crippen molar-refractivity contribution in [3.05, 3.63) is 90.0 Å². The van der Waals surface area contributed by atoms with Crippen LogP contribution < -0.4 is 15.4 Å². The molecule has 0 aromatic heterocycles. The Morgan fingerprint density at radius 1 is 0.912 bits per heavy atom. The lowest BCUT2D eigenvalue weighted by Crippen LogP contribution is -2.32. The largest absolute Gasteiger partial charge is 0.449 e. The van der Waals surface area contributed by atoms with Crippen LogP contribution in [0.1, 0.15) is 27.6 Å². The third kappa shape index (κ3) is 5.85. The first-order chi connectivity index (χ1) is 16.1. The summed E-state index contributed by atoms with van der Waals surface area (Å²) in [4.78, 5) is 39.6. The van der Waals surface area contributed by atoms with Gasteiger partial charge in [-0.2, -0.15) is 0 Å². The van der Waals surface area contributed by atoms with E-state index in [1.165, 1.54) is 48.2 Å². The summed E-state index contributed by atoms with van der Waals surface area (Å²) in [6.07, 6.45) is -1.24. The van der Waals surface area contributed by atoms with Crippen molar-refractivity contribution < 1.29 is 27.5 Å². The Morgan fingerprint density at radius 2 is 1.53 bits per heavy atom. The van der Waals surface area contributed by atoms with Gasteiger partial charge in [-0.05, 0) is 49.4 Å². The Hall–Kier alpha value is -4.02. The number of amides is 2. The zero-order valence-electron chi connectivity index (χ0n) is 18.5. The second kappa shape index (κ2) is 10.3. The first-order valence-electron chi connectivity index (χ1n) is 10.1. The van der Waals surface area contributed by atoms with Crippen LogP contribution >= 0.6 is 0 Å². The van der Waals surface area contributed by atoms with Gasteiger partial charge in [0.15, 0.2) is 6.10 Å². The number of esters is 1. The third-order valence-electron chi connectivity index (χ3n) is 4.91. The van der Waals surface area contributed by atoms with Gasteiger partial charge in [-0.15, -0.1) is 0 Å². The second-order valence-electron chi connectivity index (χ2n) is 7.35. The van der Waals surface area contributed by atoms with Crippen LogP contribution in [0.2, 0.25) is 0 Å². The van der Waals surface area contributed by atoms with Crippen LogP contribution in [0.15, 0.2) is 83.8 Å². The van der Waals surface area contributed by atoms with Crippen molar-refractivity contribution in [2.24, 2.45) is 5.14 Å². The molecule has 1 atom stereocenters. The molecule has 0 spiro atoms. The van der Waals surface area contributed by atoms with Crippen molar-refractivity contribution in [3.63, 3.8) is 0 Å². The number of para-hydroxylation sites is 1. The summed E-state index contributed by atoms with van der Waals surface area (Å²) < 4.78 is 28.3. The number of hydrogen-bond donors (Lipinski definition) is 2. The van der Waals surface area contributed by atoms with Gasteiger partial charge in [0.2, 0.25) is 10.0 Å². The molecule has 3 rings (SSSR count). The molecule has 0 aliphatic heterocycles. The molecule has 34 heavy (non-hydrogen) atoms. The molecule has 2 amide bonds. The Morgan fingerprint density at radius 3 is 2.18 bits per heavy atom. The van der Waals surface area contributed by atoms with Crippen molar-refractivity contribution in [3.8, 4) is 0 Å². The van der Waals surface area contributed by atoms with E-state index in [1.807, 2.05) is 6.07 Å². The highest BCUT2D eigenvalue weighted by Crippen LogP contribution is 2.19. The van der Waals surface area contributed by atoms with E-state index >= 15 is 0 Å². The predicted octanol–water partition coefficient (Wildman–Crippen LogP) is 2.79. The quantitative estimate of drug-likeness (QED) is 0.498. The number of carbonyl (C=O) groups excluding carboxylic acids is 3. The van der Waals surface area contributed by atoms with E-state index in [0.717, 1.165) is 0 Å². The zero-order chi connectivity index (χ0) is 24.9. The number of ether oxygens (including phenoxy) is 1.